The van der Waals surface area contributed by atoms with Crippen LogP contribution in [-0.2, 0) is 18.4 Å². The molecule has 0 N–H and O–H groups in total. The molecule has 0 unspecified atom stereocenters. The van der Waals surface area contributed by atoms with E-state index in [0.717, 1.165) is 40.7 Å². The molecule has 3 aromatic carbocycles. The minimum Gasteiger partial charge on any atom is -0.343 e. The van der Waals surface area contributed by atoms with E-state index >= 15 is 0 Å². The Hall–Kier alpha value is -3.70. The van der Waals surface area contributed by atoms with Crippen molar-refractivity contribution in [2.45, 2.75) is 13.0 Å². The monoisotopic (exact) mass is 453 g/mol. The van der Waals surface area contributed by atoms with Crippen LogP contribution in [0.2, 0.25) is 0 Å². The first-order chi connectivity index (χ1) is 16.5. The van der Waals surface area contributed by atoms with Crippen LogP contribution >= 0.6 is 0 Å². The summed E-state index contributed by atoms with van der Waals surface area (Å²) >= 11 is 0. The second-order valence-electron chi connectivity index (χ2n) is 8.86. The second kappa shape index (κ2) is 10.5. The number of amides is 1. The van der Waals surface area contributed by atoms with Gasteiger partial charge in [-0.15, -0.1) is 0 Å². The Morgan fingerprint density at radius 2 is 1.41 bits per heavy atom. The van der Waals surface area contributed by atoms with Crippen LogP contribution in [0, 0.1) is 0 Å². The molecule has 4 aromatic rings. The molecular formula is C29H31N3O2. The van der Waals surface area contributed by atoms with Gasteiger partial charge in [0.15, 0.2) is 0 Å². The number of carbonyl (C=O) groups is 2. The number of aromatic nitrogens is 1. The van der Waals surface area contributed by atoms with Crippen molar-refractivity contribution in [3.05, 3.63) is 96.1 Å². The minimum absolute atomic E-state index is 0.407. The predicted octanol–water partition coefficient (Wildman–Crippen LogP) is 5.01. The molecule has 34 heavy (non-hydrogen) atoms. The molecule has 0 bridgehead atoms. The molecule has 1 amide bonds. The smallest absolute Gasteiger partial charge is 0.295 e. The topological polar surface area (TPSA) is 45.6 Å². The van der Waals surface area contributed by atoms with Crippen LogP contribution in [0.4, 0.5) is 0 Å². The lowest BCUT2D eigenvalue weighted by molar-refractivity contribution is -0.127. The maximum absolute atomic E-state index is 13.9. The Balaban J connectivity index is 1.75. The molecule has 0 radical (unpaired) electrons. The Kier molecular flexibility index (Phi) is 7.24. The van der Waals surface area contributed by atoms with Crippen LogP contribution in [0.3, 0.4) is 0 Å². The number of hydrogen-bond donors (Lipinski definition) is 0. The fraction of sp³-hybridized carbons (Fsp3) is 0.241. The third-order valence-electron chi connectivity index (χ3n) is 6.11. The number of fused-ring (bicyclic) bond motifs is 1. The van der Waals surface area contributed by atoms with Crippen molar-refractivity contribution in [2.24, 2.45) is 7.05 Å². The van der Waals surface area contributed by atoms with Gasteiger partial charge in [0, 0.05) is 31.0 Å². The first-order valence-electron chi connectivity index (χ1n) is 11.6. The summed E-state index contributed by atoms with van der Waals surface area (Å²) in [5.74, 6) is -0.924. The summed E-state index contributed by atoms with van der Waals surface area (Å²) in [6, 6.07) is 27.4. The van der Waals surface area contributed by atoms with E-state index in [2.05, 4.69) is 4.90 Å². The van der Waals surface area contributed by atoms with Crippen molar-refractivity contribution >= 4 is 22.6 Å². The summed E-state index contributed by atoms with van der Waals surface area (Å²) in [4.78, 5) is 31.4. The van der Waals surface area contributed by atoms with E-state index in [4.69, 9.17) is 0 Å². The van der Waals surface area contributed by atoms with Gasteiger partial charge < -0.3 is 14.4 Å². The van der Waals surface area contributed by atoms with Crippen molar-refractivity contribution in [1.82, 2.24) is 14.4 Å². The molecule has 0 aliphatic heterocycles. The number of ketones is 1. The highest BCUT2D eigenvalue weighted by atomic mass is 16.2. The van der Waals surface area contributed by atoms with Gasteiger partial charge in [0.2, 0.25) is 0 Å². The number of carbonyl (C=O) groups excluding carboxylic acids is 2. The van der Waals surface area contributed by atoms with E-state index in [1.54, 1.807) is 4.90 Å². The van der Waals surface area contributed by atoms with E-state index in [9.17, 15) is 9.59 Å². The number of aryl methyl sites for hydroxylation is 1. The third kappa shape index (κ3) is 4.95. The Bertz CT molecular complexity index is 1280. The summed E-state index contributed by atoms with van der Waals surface area (Å²) in [6.45, 7) is 1.77. The summed E-state index contributed by atoms with van der Waals surface area (Å²) < 4.78 is 2.01. The quantitative estimate of drug-likeness (QED) is 0.264. The first-order valence-corrected chi connectivity index (χ1v) is 11.6. The van der Waals surface area contributed by atoms with Crippen molar-refractivity contribution in [3.63, 3.8) is 0 Å². The molecule has 0 saturated carbocycles. The van der Waals surface area contributed by atoms with Gasteiger partial charge in [-0.05, 0) is 44.3 Å². The number of nitrogens with zero attached hydrogens (tertiary/aromatic N) is 3. The Morgan fingerprint density at radius 3 is 2.09 bits per heavy atom. The van der Waals surface area contributed by atoms with Gasteiger partial charge in [0.1, 0.15) is 0 Å². The molecule has 0 atom stereocenters. The molecule has 0 aliphatic rings. The van der Waals surface area contributed by atoms with Gasteiger partial charge in [-0.3, -0.25) is 9.59 Å². The lowest BCUT2D eigenvalue weighted by Crippen LogP contribution is -2.38. The molecule has 174 valence electrons. The Morgan fingerprint density at radius 1 is 0.794 bits per heavy atom. The zero-order valence-corrected chi connectivity index (χ0v) is 20.1. The molecule has 5 heteroatoms. The van der Waals surface area contributed by atoms with Crippen LogP contribution in [0.15, 0.2) is 84.9 Å². The summed E-state index contributed by atoms with van der Waals surface area (Å²) in [5.41, 5.74) is 4.10. The highest BCUT2D eigenvalue weighted by molar-refractivity contribution is 6.46. The van der Waals surface area contributed by atoms with Crippen molar-refractivity contribution < 1.29 is 9.59 Å². The average Bonchev–Trinajstić information content (AvgIpc) is 3.16. The fourth-order valence-electron chi connectivity index (χ4n) is 4.44. The van der Waals surface area contributed by atoms with Gasteiger partial charge in [0.25, 0.3) is 11.7 Å². The molecule has 0 spiro atoms. The minimum atomic E-state index is -0.462. The van der Waals surface area contributed by atoms with Crippen LogP contribution in [-0.4, -0.2) is 53.2 Å². The molecular weight excluding hydrogens is 422 g/mol. The lowest BCUT2D eigenvalue weighted by atomic mass is 10.0. The number of benzene rings is 3. The molecule has 4 rings (SSSR count). The molecule has 5 nitrogen and oxygen atoms in total. The van der Waals surface area contributed by atoms with E-state index in [0.29, 0.717) is 18.7 Å². The lowest BCUT2D eigenvalue weighted by Gasteiger charge is -2.23. The average molecular weight is 454 g/mol. The van der Waals surface area contributed by atoms with Crippen LogP contribution in [0.1, 0.15) is 22.3 Å². The number of rotatable bonds is 9. The third-order valence-corrected chi connectivity index (χ3v) is 6.11. The SMILES string of the molecule is CN(C)CCCN(Cc1ccccc1)C(=O)C(=O)c1c(-c2ccccc2)n(C)c2ccccc12. The van der Waals surface area contributed by atoms with Crippen LogP contribution < -0.4 is 0 Å². The number of hydrogen-bond acceptors (Lipinski definition) is 3. The van der Waals surface area contributed by atoms with Gasteiger partial charge >= 0.3 is 0 Å². The predicted molar refractivity (Wildman–Crippen MR) is 138 cm³/mol. The first kappa shape index (κ1) is 23.5. The summed E-state index contributed by atoms with van der Waals surface area (Å²) in [7, 11) is 5.97. The van der Waals surface area contributed by atoms with Crippen LogP contribution in [0.25, 0.3) is 22.2 Å². The van der Waals surface area contributed by atoms with Gasteiger partial charge in [-0.25, -0.2) is 0 Å². The molecule has 0 aliphatic carbocycles. The second-order valence-corrected chi connectivity index (χ2v) is 8.86. The molecule has 1 aromatic heterocycles. The van der Waals surface area contributed by atoms with E-state index in [-0.39, 0.29) is 0 Å². The van der Waals surface area contributed by atoms with Gasteiger partial charge in [-0.1, -0.05) is 78.9 Å². The van der Waals surface area contributed by atoms with Crippen molar-refractivity contribution in [3.8, 4) is 11.3 Å². The molecule has 1 heterocycles. The van der Waals surface area contributed by atoms with E-state index in [1.807, 2.05) is 111 Å². The zero-order valence-electron chi connectivity index (χ0n) is 20.1. The zero-order chi connectivity index (χ0) is 24.1. The van der Waals surface area contributed by atoms with Crippen molar-refractivity contribution in [1.29, 1.82) is 0 Å². The summed E-state index contributed by atoms with van der Waals surface area (Å²) in [5, 5.41) is 0.801. The highest BCUT2D eigenvalue weighted by Gasteiger charge is 2.30. The van der Waals surface area contributed by atoms with Crippen molar-refractivity contribution in [2.75, 3.05) is 27.2 Å². The maximum atomic E-state index is 13.9. The normalized spacial score (nSPS) is 11.2. The summed E-state index contributed by atoms with van der Waals surface area (Å²) in [6.07, 6.45) is 0.792. The van der Waals surface area contributed by atoms with E-state index < -0.39 is 11.7 Å². The van der Waals surface area contributed by atoms with Crippen LogP contribution in [0.5, 0.6) is 0 Å². The number of para-hydroxylation sites is 1. The number of Topliss-reactive ketones (excluding diaryl/α,β-unsaturated/α-hetero) is 1. The maximum Gasteiger partial charge on any atom is 0.295 e. The Labute approximate surface area is 201 Å². The molecule has 0 saturated heterocycles. The van der Waals surface area contributed by atoms with Gasteiger partial charge in [0.05, 0.1) is 11.3 Å². The highest BCUT2D eigenvalue weighted by Crippen LogP contribution is 2.33. The largest absolute Gasteiger partial charge is 0.343 e. The van der Waals surface area contributed by atoms with Gasteiger partial charge in [-0.2, -0.15) is 0 Å². The fourth-order valence-corrected chi connectivity index (χ4v) is 4.44. The standard InChI is InChI=1S/C29H31N3O2/c1-30(2)19-12-20-32(21-22-13-6-4-7-14-22)29(34)28(33)26-24-17-10-11-18-25(24)31(3)27(26)23-15-8-5-9-16-23/h4-11,13-18H,12,19-21H2,1-3H3. The molecule has 0 fully saturated rings. The van der Waals surface area contributed by atoms with E-state index in [1.165, 1.54) is 0 Å².